The Morgan fingerprint density at radius 1 is 1.10 bits per heavy atom. The Balaban J connectivity index is 1.66. The molecule has 0 atom stereocenters. The number of benzene rings is 2. The number of hydrogen-bond acceptors (Lipinski definition) is 5. The summed E-state index contributed by atoms with van der Waals surface area (Å²) in [6.45, 7) is 6.20. The lowest BCUT2D eigenvalue weighted by Gasteiger charge is -2.18. The zero-order valence-corrected chi connectivity index (χ0v) is 19.0. The van der Waals surface area contributed by atoms with E-state index in [1.54, 1.807) is 6.08 Å². The van der Waals surface area contributed by atoms with Crippen LogP contribution >= 0.6 is 24.0 Å². The topological polar surface area (TPSA) is 86.7 Å². The molecule has 8 heteroatoms. The van der Waals surface area contributed by atoms with Crippen LogP contribution in [0.5, 0.6) is 0 Å². The molecular weight excluding hydrogens is 432 g/mol. The third-order valence-corrected chi connectivity index (χ3v) is 6.04. The minimum Gasteiger partial charge on any atom is -0.478 e. The van der Waals surface area contributed by atoms with Crippen molar-refractivity contribution in [2.75, 3.05) is 11.9 Å². The van der Waals surface area contributed by atoms with Crippen LogP contribution in [0, 0.1) is 0 Å². The highest BCUT2D eigenvalue weighted by molar-refractivity contribution is 8.26. The number of rotatable bonds is 5. The molecule has 2 aromatic carbocycles. The average Bonchev–Trinajstić information content (AvgIpc) is 2.95. The van der Waals surface area contributed by atoms with Gasteiger partial charge in [0.1, 0.15) is 10.9 Å². The summed E-state index contributed by atoms with van der Waals surface area (Å²) >= 11 is 6.45. The highest BCUT2D eigenvalue weighted by Crippen LogP contribution is 2.33. The van der Waals surface area contributed by atoms with Crippen molar-refractivity contribution in [1.82, 2.24) is 4.90 Å². The smallest absolute Gasteiger partial charge is 0.335 e. The van der Waals surface area contributed by atoms with Gasteiger partial charge in [0.15, 0.2) is 0 Å². The molecule has 1 aliphatic rings. The van der Waals surface area contributed by atoms with Gasteiger partial charge >= 0.3 is 5.97 Å². The summed E-state index contributed by atoms with van der Waals surface area (Å²) in [4.78, 5) is 37.8. The molecule has 1 aliphatic heterocycles. The van der Waals surface area contributed by atoms with E-state index in [9.17, 15) is 14.4 Å². The second-order valence-electron chi connectivity index (χ2n) is 8.07. The van der Waals surface area contributed by atoms with Crippen LogP contribution in [0.15, 0.2) is 53.4 Å². The second kappa shape index (κ2) is 9.03. The first-order valence-corrected chi connectivity index (χ1v) is 10.8. The molecule has 1 fully saturated rings. The lowest BCUT2D eigenvalue weighted by Crippen LogP contribution is -2.36. The summed E-state index contributed by atoms with van der Waals surface area (Å²) in [5, 5.41) is 11.6. The van der Waals surface area contributed by atoms with E-state index in [-0.39, 0.29) is 23.4 Å². The zero-order chi connectivity index (χ0) is 22.8. The predicted molar refractivity (Wildman–Crippen MR) is 127 cm³/mol. The fraction of sp³-hybridized carbons (Fsp3) is 0.217. The largest absolute Gasteiger partial charge is 0.478 e. The first-order chi connectivity index (χ1) is 14.5. The monoisotopic (exact) mass is 454 g/mol. The fourth-order valence-electron chi connectivity index (χ4n) is 2.91. The van der Waals surface area contributed by atoms with Crippen molar-refractivity contribution in [3.63, 3.8) is 0 Å². The van der Waals surface area contributed by atoms with E-state index >= 15 is 0 Å². The first kappa shape index (κ1) is 22.7. The first-order valence-electron chi connectivity index (χ1n) is 9.54. The number of nitrogens with zero attached hydrogens (tertiary/aromatic N) is 1. The molecule has 0 bridgehead atoms. The Kier molecular flexibility index (Phi) is 6.62. The number of anilines is 1. The molecule has 3 rings (SSSR count). The van der Waals surface area contributed by atoms with Crippen LogP contribution in [0.25, 0.3) is 6.08 Å². The van der Waals surface area contributed by atoms with Gasteiger partial charge in [0, 0.05) is 5.69 Å². The maximum absolute atomic E-state index is 12.8. The molecule has 0 aliphatic carbocycles. The molecule has 0 radical (unpaired) electrons. The number of carbonyl (C=O) groups is 3. The Morgan fingerprint density at radius 3 is 2.26 bits per heavy atom. The van der Waals surface area contributed by atoms with E-state index in [1.807, 2.05) is 24.3 Å². The van der Waals surface area contributed by atoms with Crippen molar-refractivity contribution in [3.05, 3.63) is 70.1 Å². The summed E-state index contributed by atoms with van der Waals surface area (Å²) in [6, 6.07) is 13.8. The standard InChI is InChI=1S/C23H22N2O4S2/c1-23(2,3)16-8-4-14(5-9-16)12-18-20(27)25(22(30)31-18)13-19(26)24-17-10-6-15(7-11-17)21(28)29/h4-12H,13H2,1-3H3,(H,24,26)(H,28,29)/b18-12-. The van der Waals surface area contributed by atoms with Gasteiger partial charge in [-0.05, 0) is 46.9 Å². The Labute approximate surface area is 190 Å². The number of hydrogen-bond donors (Lipinski definition) is 2. The van der Waals surface area contributed by atoms with Gasteiger partial charge in [-0.25, -0.2) is 4.79 Å². The minimum atomic E-state index is -1.05. The molecule has 31 heavy (non-hydrogen) atoms. The number of carboxylic acid groups (broad SMARTS) is 1. The number of thioether (sulfide) groups is 1. The molecule has 2 amide bonds. The quantitative estimate of drug-likeness (QED) is 0.510. The van der Waals surface area contributed by atoms with E-state index in [2.05, 4.69) is 26.1 Å². The molecule has 2 aromatic rings. The lowest BCUT2D eigenvalue weighted by atomic mass is 9.87. The van der Waals surface area contributed by atoms with Crippen molar-refractivity contribution in [2.45, 2.75) is 26.2 Å². The van der Waals surface area contributed by atoms with Gasteiger partial charge in [-0.1, -0.05) is 69.0 Å². The van der Waals surface area contributed by atoms with E-state index < -0.39 is 11.9 Å². The summed E-state index contributed by atoms with van der Waals surface area (Å²) in [6.07, 6.45) is 1.77. The van der Waals surface area contributed by atoms with Gasteiger partial charge in [-0.15, -0.1) is 0 Å². The number of amides is 2. The number of aromatic carboxylic acids is 1. The van der Waals surface area contributed by atoms with Gasteiger partial charge in [-0.2, -0.15) is 0 Å². The Bertz CT molecular complexity index is 1070. The van der Waals surface area contributed by atoms with Gasteiger partial charge in [0.05, 0.1) is 10.5 Å². The highest BCUT2D eigenvalue weighted by atomic mass is 32.2. The molecule has 1 heterocycles. The van der Waals surface area contributed by atoms with E-state index in [0.29, 0.717) is 14.9 Å². The summed E-state index contributed by atoms with van der Waals surface area (Å²) in [5.74, 6) is -1.78. The maximum atomic E-state index is 12.8. The van der Waals surface area contributed by atoms with Gasteiger partial charge in [0.2, 0.25) is 5.91 Å². The lowest BCUT2D eigenvalue weighted by molar-refractivity contribution is -0.126. The molecule has 0 spiro atoms. The van der Waals surface area contributed by atoms with Gasteiger partial charge < -0.3 is 10.4 Å². The third kappa shape index (κ3) is 5.59. The average molecular weight is 455 g/mol. The molecule has 160 valence electrons. The van der Waals surface area contributed by atoms with Crippen LogP contribution in [-0.4, -0.2) is 38.7 Å². The Hall–Kier alpha value is -2.97. The molecule has 0 unspecified atom stereocenters. The summed E-state index contributed by atoms with van der Waals surface area (Å²) in [7, 11) is 0. The highest BCUT2D eigenvalue weighted by Gasteiger charge is 2.33. The van der Waals surface area contributed by atoms with Crippen LogP contribution in [0.2, 0.25) is 0 Å². The predicted octanol–water partition coefficient (Wildman–Crippen LogP) is 4.52. The number of carboxylic acids is 1. The van der Waals surface area contributed by atoms with Crippen molar-refractivity contribution < 1.29 is 19.5 Å². The van der Waals surface area contributed by atoms with Gasteiger partial charge in [0.25, 0.3) is 5.91 Å². The third-order valence-electron chi connectivity index (χ3n) is 4.67. The molecule has 6 nitrogen and oxygen atoms in total. The van der Waals surface area contributed by atoms with Crippen LogP contribution in [0.4, 0.5) is 5.69 Å². The van der Waals surface area contributed by atoms with E-state index in [4.69, 9.17) is 17.3 Å². The normalized spacial score (nSPS) is 15.5. The zero-order valence-electron chi connectivity index (χ0n) is 17.3. The Morgan fingerprint density at radius 2 is 1.71 bits per heavy atom. The minimum absolute atomic E-state index is 0.0449. The van der Waals surface area contributed by atoms with Crippen LogP contribution in [0.1, 0.15) is 42.3 Å². The molecule has 0 aromatic heterocycles. The number of nitrogens with one attached hydrogen (secondary N) is 1. The van der Waals surface area contributed by atoms with Crippen LogP contribution in [0.3, 0.4) is 0 Å². The second-order valence-corrected chi connectivity index (χ2v) is 9.75. The van der Waals surface area contributed by atoms with Gasteiger partial charge in [-0.3, -0.25) is 14.5 Å². The summed E-state index contributed by atoms with van der Waals surface area (Å²) in [5.41, 5.74) is 2.69. The van der Waals surface area contributed by atoms with E-state index in [1.165, 1.54) is 34.7 Å². The molecule has 1 saturated heterocycles. The maximum Gasteiger partial charge on any atom is 0.335 e. The SMILES string of the molecule is CC(C)(C)c1ccc(/C=C2\SC(=S)N(CC(=O)Nc3ccc(C(=O)O)cc3)C2=O)cc1. The fourth-order valence-corrected chi connectivity index (χ4v) is 4.16. The van der Waals surface area contributed by atoms with Crippen molar-refractivity contribution in [1.29, 1.82) is 0 Å². The van der Waals surface area contributed by atoms with E-state index in [0.717, 1.165) is 17.3 Å². The van der Waals surface area contributed by atoms with Crippen molar-refractivity contribution in [2.24, 2.45) is 0 Å². The molecule has 2 N–H and O–H groups in total. The number of carbonyl (C=O) groups excluding carboxylic acids is 2. The molecular formula is C23H22N2O4S2. The molecule has 0 saturated carbocycles. The van der Waals surface area contributed by atoms with Crippen LogP contribution in [-0.2, 0) is 15.0 Å². The van der Waals surface area contributed by atoms with Crippen LogP contribution < -0.4 is 5.32 Å². The summed E-state index contributed by atoms with van der Waals surface area (Å²) < 4.78 is 0.318. The number of thiocarbonyl (C=S) groups is 1. The van der Waals surface area contributed by atoms with Crippen molar-refractivity contribution >= 4 is 57.8 Å². The van der Waals surface area contributed by atoms with Crippen molar-refractivity contribution in [3.8, 4) is 0 Å².